The minimum absolute atomic E-state index is 0.0567. The van der Waals surface area contributed by atoms with Crippen molar-refractivity contribution in [2.45, 2.75) is 89.1 Å². The van der Waals surface area contributed by atoms with Crippen molar-refractivity contribution in [3.05, 3.63) is 53.1 Å². The third-order valence-electron chi connectivity index (χ3n) is 7.29. The zero-order valence-corrected chi connectivity index (χ0v) is 27.6. The van der Waals surface area contributed by atoms with Crippen molar-refractivity contribution in [3.63, 3.8) is 0 Å². The van der Waals surface area contributed by atoms with Crippen molar-refractivity contribution < 1.29 is 53.1 Å². The molecule has 1 saturated heterocycles. The van der Waals surface area contributed by atoms with Crippen LogP contribution in [0.2, 0.25) is 0 Å². The molecule has 14 nitrogen and oxygen atoms in total. The number of nitrogens with zero attached hydrogens (tertiary/aromatic N) is 1. The van der Waals surface area contributed by atoms with E-state index in [0.29, 0.717) is 5.56 Å². The summed E-state index contributed by atoms with van der Waals surface area (Å²) in [6.45, 7) is 5.94. The van der Waals surface area contributed by atoms with E-state index in [1.807, 2.05) is 0 Å². The molecule has 1 fully saturated rings. The highest BCUT2D eigenvalue weighted by molar-refractivity contribution is 5.98. The Morgan fingerprint density at radius 1 is 1.09 bits per heavy atom. The van der Waals surface area contributed by atoms with Crippen molar-refractivity contribution in [2.24, 2.45) is 0 Å². The fourth-order valence-electron chi connectivity index (χ4n) is 4.80. The van der Waals surface area contributed by atoms with Gasteiger partial charge < -0.3 is 44.7 Å². The van der Waals surface area contributed by atoms with E-state index < -0.39 is 72.5 Å². The van der Waals surface area contributed by atoms with Gasteiger partial charge in [-0.25, -0.2) is 4.79 Å². The Hall–Kier alpha value is -4.11. The van der Waals surface area contributed by atoms with Gasteiger partial charge in [-0.2, -0.15) is 0 Å². The van der Waals surface area contributed by atoms with Crippen LogP contribution in [0.3, 0.4) is 0 Å². The highest BCUT2D eigenvalue weighted by atomic mass is 16.7. The topological polar surface area (TPSA) is 190 Å². The van der Waals surface area contributed by atoms with E-state index >= 15 is 0 Å². The molecule has 6 unspecified atom stereocenters. The molecule has 1 aliphatic carbocycles. The van der Waals surface area contributed by atoms with Crippen LogP contribution in [0.25, 0.3) is 6.08 Å². The molecular formula is C33H45N3O11. The summed E-state index contributed by atoms with van der Waals surface area (Å²) in [6, 6.07) is 4.19. The number of carbonyl (C=O) groups excluding carboxylic acids is 5. The van der Waals surface area contributed by atoms with Crippen molar-refractivity contribution >= 4 is 35.7 Å². The lowest BCUT2D eigenvalue weighted by atomic mass is 9.91. The van der Waals surface area contributed by atoms with E-state index in [2.05, 4.69) is 10.6 Å². The van der Waals surface area contributed by atoms with Gasteiger partial charge in [0.05, 0.1) is 24.3 Å². The largest absolute Gasteiger partial charge is 0.460 e. The maximum absolute atomic E-state index is 13.3. The Morgan fingerprint density at radius 2 is 1.77 bits per heavy atom. The first-order valence-corrected chi connectivity index (χ1v) is 15.3. The van der Waals surface area contributed by atoms with Gasteiger partial charge in [-0.3, -0.25) is 19.2 Å². The van der Waals surface area contributed by atoms with Gasteiger partial charge >= 0.3 is 11.9 Å². The maximum atomic E-state index is 13.3. The molecule has 47 heavy (non-hydrogen) atoms. The number of aliphatic hydroxyl groups excluding tert-OH is 2. The standard InChI is InChI=1S/C33H45N3O11/c1-19(38)28(31(42)34-23(17-37)12-14-27(40)47-33(2,3)4)35-30(41)22-15-24-29(45-18-44-24)25(16-22)46-32(43)21-10-7-20(8-11-21)9-13-26(39)36(5)6/h7-11,13,15,19,23-25,28-29,37-38H,12,14,16-18H2,1-6H3,(H,34,42)(H,35,41). The van der Waals surface area contributed by atoms with Crippen molar-refractivity contribution in [2.75, 3.05) is 27.5 Å². The number of benzene rings is 1. The molecule has 0 spiro atoms. The Labute approximate surface area is 274 Å². The van der Waals surface area contributed by atoms with E-state index in [1.54, 1.807) is 65.2 Å². The number of likely N-dealkylation sites (N-methyl/N-ethyl adjacent to an activating group) is 1. The lowest BCUT2D eigenvalue weighted by molar-refractivity contribution is -0.155. The summed E-state index contributed by atoms with van der Waals surface area (Å²) in [4.78, 5) is 64.7. The summed E-state index contributed by atoms with van der Waals surface area (Å²) >= 11 is 0. The van der Waals surface area contributed by atoms with Crippen LogP contribution in [0.5, 0.6) is 0 Å². The molecule has 258 valence electrons. The number of esters is 2. The van der Waals surface area contributed by atoms with Gasteiger partial charge in [0.2, 0.25) is 17.7 Å². The minimum Gasteiger partial charge on any atom is -0.460 e. The average Bonchev–Trinajstić information content (AvgIpc) is 3.48. The van der Waals surface area contributed by atoms with E-state index in [-0.39, 0.29) is 43.1 Å². The zero-order chi connectivity index (χ0) is 34.9. The molecule has 4 N–H and O–H groups in total. The van der Waals surface area contributed by atoms with Crippen molar-refractivity contribution in [1.29, 1.82) is 0 Å². The van der Waals surface area contributed by atoms with Crippen LogP contribution in [0, 0.1) is 0 Å². The molecule has 2 aliphatic rings. The van der Waals surface area contributed by atoms with Crippen LogP contribution < -0.4 is 10.6 Å². The van der Waals surface area contributed by atoms with Crippen LogP contribution in [0.15, 0.2) is 42.0 Å². The van der Waals surface area contributed by atoms with Crippen LogP contribution in [-0.4, -0.2) is 114 Å². The summed E-state index contributed by atoms with van der Waals surface area (Å²) in [6.07, 6.45) is 0.933. The number of carbonyl (C=O) groups is 5. The molecule has 0 radical (unpaired) electrons. The number of fused-ring (bicyclic) bond motifs is 1. The van der Waals surface area contributed by atoms with Gasteiger partial charge in [-0.15, -0.1) is 0 Å². The number of hydrogen-bond donors (Lipinski definition) is 4. The van der Waals surface area contributed by atoms with Gasteiger partial charge in [-0.05, 0) is 64.0 Å². The molecule has 0 aromatic heterocycles. The average molecular weight is 660 g/mol. The van der Waals surface area contributed by atoms with Crippen LogP contribution in [0.4, 0.5) is 0 Å². The van der Waals surface area contributed by atoms with Crippen molar-refractivity contribution in [3.8, 4) is 0 Å². The number of aliphatic hydroxyl groups is 2. The van der Waals surface area contributed by atoms with Crippen LogP contribution in [0.1, 0.15) is 62.9 Å². The summed E-state index contributed by atoms with van der Waals surface area (Å²) in [5.41, 5.74) is 0.417. The van der Waals surface area contributed by atoms with E-state index in [9.17, 15) is 34.2 Å². The molecular weight excluding hydrogens is 614 g/mol. The Balaban J connectivity index is 1.64. The molecule has 1 aromatic rings. The molecule has 0 bridgehead atoms. The monoisotopic (exact) mass is 659 g/mol. The number of nitrogens with one attached hydrogen (secondary N) is 2. The van der Waals surface area contributed by atoms with Crippen LogP contribution >= 0.6 is 0 Å². The third-order valence-corrected chi connectivity index (χ3v) is 7.29. The van der Waals surface area contributed by atoms with Gasteiger partial charge in [0.15, 0.2) is 0 Å². The molecule has 1 aromatic carbocycles. The second kappa shape index (κ2) is 16.6. The summed E-state index contributed by atoms with van der Waals surface area (Å²) in [7, 11) is 3.28. The first kappa shape index (κ1) is 37.3. The number of hydrogen-bond acceptors (Lipinski definition) is 11. The van der Waals surface area contributed by atoms with Gasteiger partial charge in [-0.1, -0.05) is 12.1 Å². The second-order valence-electron chi connectivity index (χ2n) is 12.6. The molecule has 3 amide bonds. The number of amides is 3. The van der Waals surface area contributed by atoms with E-state index in [1.165, 1.54) is 24.0 Å². The Kier molecular flexibility index (Phi) is 13.2. The molecule has 1 heterocycles. The summed E-state index contributed by atoms with van der Waals surface area (Å²) in [5.74, 6) is -2.80. The maximum Gasteiger partial charge on any atom is 0.338 e. The normalized spacial score (nSPS) is 21.1. The predicted octanol–water partition coefficient (Wildman–Crippen LogP) is 0.850. The van der Waals surface area contributed by atoms with Crippen molar-refractivity contribution in [1.82, 2.24) is 15.5 Å². The zero-order valence-electron chi connectivity index (χ0n) is 27.6. The smallest absolute Gasteiger partial charge is 0.338 e. The minimum atomic E-state index is -1.40. The van der Waals surface area contributed by atoms with Gasteiger partial charge in [0.1, 0.15) is 36.7 Å². The SMILES string of the molecule is CC(O)C(NC(=O)C1=CC2OCOC2C(OC(=O)c2ccc(C=CC(=O)N(C)C)cc2)C1)C(=O)NC(CO)CCC(=O)OC(C)(C)C. The third kappa shape index (κ3) is 11.3. The fourth-order valence-corrected chi connectivity index (χ4v) is 4.80. The molecule has 3 rings (SSSR count). The predicted molar refractivity (Wildman–Crippen MR) is 168 cm³/mol. The highest BCUT2D eigenvalue weighted by Crippen LogP contribution is 2.31. The van der Waals surface area contributed by atoms with Gasteiger partial charge in [0.25, 0.3) is 0 Å². The summed E-state index contributed by atoms with van der Waals surface area (Å²) in [5, 5.41) is 25.2. The first-order chi connectivity index (χ1) is 22.1. The van der Waals surface area contributed by atoms with E-state index in [0.717, 1.165) is 0 Å². The molecule has 14 heteroatoms. The second-order valence-corrected chi connectivity index (χ2v) is 12.6. The number of ether oxygens (including phenoxy) is 4. The lowest BCUT2D eigenvalue weighted by Gasteiger charge is -2.31. The Bertz CT molecular complexity index is 1350. The molecule has 1 aliphatic heterocycles. The van der Waals surface area contributed by atoms with Crippen LogP contribution in [-0.2, 0) is 38.1 Å². The summed E-state index contributed by atoms with van der Waals surface area (Å²) < 4.78 is 22.2. The lowest BCUT2D eigenvalue weighted by Crippen LogP contribution is -2.55. The molecule has 0 saturated carbocycles. The first-order valence-electron chi connectivity index (χ1n) is 15.3. The van der Waals surface area contributed by atoms with Gasteiger partial charge in [0, 0.05) is 38.6 Å². The molecule has 6 atom stereocenters. The number of rotatable bonds is 13. The van der Waals surface area contributed by atoms with E-state index in [4.69, 9.17) is 18.9 Å². The quantitative estimate of drug-likeness (QED) is 0.174. The highest BCUT2D eigenvalue weighted by Gasteiger charge is 2.43. The Morgan fingerprint density at radius 3 is 2.36 bits per heavy atom. The fraction of sp³-hybridized carbons (Fsp3) is 0.545.